The van der Waals surface area contributed by atoms with E-state index in [1.807, 2.05) is 13.8 Å². The van der Waals surface area contributed by atoms with Crippen molar-refractivity contribution in [2.24, 2.45) is 5.73 Å². The number of amides is 1. The predicted octanol–water partition coefficient (Wildman–Crippen LogP) is -0.0509. The summed E-state index contributed by atoms with van der Waals surface area (Å²) in [4.78, 5) is 14.3. The van der Waals surface area contributed by atoms with Gasteiger partial charge in [-0.25, -0.2) is 0 Å². The molecule has 1 saturated heterocycles. The molecule has 5 nitrogen and oxygen atoms in total. The van der Waals surface area contributed by atoms with E-state index in [0.29, 0.717) is 19.8 Å². The van der Waals surface area contributed by atoms with E-state index in [-0.39, 0.29) is 24.0 Å². The van der Waals surface area contributed by atoms with Crippen molar-refractivity contribution in [2.75, 3.05) is 26.3 Å². The molecule has 0 aromatic rings. The Labute approximate surface area is 104 Å². The number of nitrogens with one attached hydrogen (secondary N) is 1. The number of rotatable bonds is 5. The highest BCUT2D eigenvalue weighted by Gasteiger charge is 2.33. The number of carbonyl (C=O) groups is 1. The molecule has 0 radical (unpaired) electrons. The second kappa shape index (κ2) is 6.93. The summed E-state index contributed by atoms with van der Waals surface area (Å²) in [5, 5.41) is 2.94. The van der Waals surface area contributed by atoms with Crippen molar-refractivity contribution in [1.29, 1.82) is 0 Å². The molecule has 17 heavy (non-hydrogen) atoms. The highest BCUT2D eigenvalue weighted by Crippen LogP contribution is 2.13. The van der Waals surface area contributed by atoms with E-state index in [4.69, 9.17) is 10.5 Å². The van der Waals surface area contributed by atoms with Gasteiger partial charge in [-0.2, -0.15) is 0 Å². The smallest absolute Gasteiger partial charge is 0.239 e. The minimum absolute atomic E-state index is 0.0478. The lowest BCUT2D eigenvalue weighted by molar-refractivity contribution is -0.135. The van der Waals surface area contributed by atoms with Crippen LogP contribution in [-0.2, 0) is 9.53 Å². The Balaban J connectivity index is 2.67. The normalized spacial score (nSPS) is 23.7. The Bertz CT molecular complexity index is 242. The van der Waals surface area contributed by atoms with E-state index < -0.39 is 0 Å². The summed E-state index contributed by atoms with van der Waals surface area (Å²) in [5.74, 6) is 0.0478. The molecular formula is C12H25N3O2. The zero-order valence-electron chi connectivity index (χ0n) is 11.1. The Morgan fingerprint density at radius 2 is 2.29 bits per heavy atom. The summed E-state index contributed by atoms with van der Waals surface area (Å²) in [7, 11) is 0. The van der Waals surface area contributed by atoms with Gasteiger partial charge in [0.1, 0.15) is 6.04 Å². The molecule has 5 heteroatoms. The third-order valence-corrected chi connectivity index (χ3v) is 3.12. The summed E-state index contributed by atoms with van der Waals surface area (Å²) in [6.07, 6.45) is 0.960. The van der Waals surface area contributed by atoms with Gasteiger partial charge in [0.2, 0.25) is 5.91 Å². The van der Waals surface area contributed by atoms with Gasteiger partial charge in [0.15, 0.2) is 0 Å². The minimum Gasteiger partial charge on any atom is -0.378 e. The van der Waals surface area contributed by atoms with Crippen molar-refractivity contribution in [3.8, 4) is 0 Å². The zero-order valence-corrected chi connectivity index (χ0v) is 11.1. The summed E-state index contributed by atoms with van der Waals surface area (Å²) < 4.78 is 5.41. The van der Waals surface area contributed by atoms with Crippen LogP contribution in [0.25, 0.3) is 0 Å². The molecule has 2 atom stereocenters. The van der Waals surface area contributed by atoms with E-state index in [1.54, 1.807) is 0 Å². The van der Waals surface area contributed by atoms with Gasteiger partial charge in [0, 0.05) is 25.2 Å². The van der Waals surface area contributed by atoms with Gasteiger partial charge in [0.25, 0.3) is 0 Å². The van der Waals surface area contributed by atoms with Crippen molar-refractivity contribution in [1.82, 2.24) is 10.2 Å². The van der Waals surface area contributed by atoms with Crippen LogP contribution in [-0.4, -0.2) is 55.2 Å². The Morgan fingerprint density at radius 3 is 2.82 bits per heavy atom. The summed E-state index contributed by atoms with van der Waals surface area (Å²) >= 11 is 0. The topological polar surface area (TPSA) is 67.6 Å². The maximum atomic E-state index is 12.1. The first-order valence-electron chi connectivity index (χ1n) is 6.44. The Hall–Kier alpha value is -0.650. The van der Waals surface area contributed by atoms with Crippen LogP contribution in [0.1, 0.15) is 27.2 Å². The fourth-order valence-corrected chi connectivity index (χ4v) is 2.20. The van der Waals surface area contributed by atoms with Crippen LogP contribution in [0, 0.1) is 0 Å². The minimum atomic E-state index is -0.195. The molecule has 3 N–H and O–H groups in total. The molecule has 1 amide bonds. The number of hydrogen-bond acceptors (Lipinski definition) is 4. The van der Waals surface area contributed by atoms with Gasteiger partial charge in [-0.15, -0.1) is 0 Å². The monoisotopic (exact) mass is 243 g/mol. The van der Waals surface area contributed by atoms with E-state index in [9.17, 15) is 4.79 Å². The number of morpholine rings is 1. The molecule has 0 aromatic carbocycles. The van der Waals surface area contributed by atoms with Crippen LogP contribution in [0.2, 0.25) is 0 Å². The quantitative estimate of drug-likeness (QED) is 0.710. The summed E-state index contributed by atoms with van der Waals surface area (Å²) in [6.45, 7) is 8.55. The molecule has 1 aliphatic rings. The van der Waals surface area contributed by atoms with Crippen LogP contribution < -0.4 is 11.1 Å². The van der Waals surface area contributed by atoms with E-state index in [0.717, 1.165) is 13.0 Å². The lowest BCUT2D eigenvalue weighted by Crippen LogP contribution is -2.59. The van der Waals surface area contributed by atoms with Gasteiger partial charge in [-0.1, -0.05) is 6.92 Å². The molecule has 1 heterocycles. The molecular weight excluding hydrogens is 218 g/mol. The molecule has 1 aliphatic heterocycles. The van der Waals surface area contributed by atoms with Crippen molar-refractivity contribution < 1.29 is 9.53 Å². The predicted molar refractivity (Wildman–Crippen MR) is 67.7 cm³/mol. The van der Waals surface area contributed by atoms with Crippen molar-refractivity contribution in [2.45, 2.75) is 45.3 Å². The average molecular weight is 243 g/mol. The number of hydrogen-bond donors (Lipinski definition) is 2. The zero-order chi connectivity index (χ0) is 12.8. The first-order valence-corrected chi connectivity index (χ1v) is 6.44. The van der Waals surface area contributed by atoms with E-state index >= 15 is 0 Å². The highest BCUT2D eigenvalue weighted by molar-refractivity contribution is 5.82. The maximum Gasteiger partial charge on any atom is 0.239 e. The van der Waals surface area contributed by atoms with Crippen molar-refractivity contribution in [3.63, 3.8) is 0 Å². The molecule has 0 aromatic heterocycles. The fraction of sp³-hybridized carbons (Fsp3) is 0.917. The number of ether oxygens (including phenoxy) is 1. The van der Waals surface area contributed by atoms with Crippen LogP contribution in [0.4, 0.5) is 0 Å². The molecule has 0 aliphatic carbocycles. The molecule has 0 bridgehead atoms. The Kier molecular flexibility index (Phi) is 5.88. The number of carbonyl (C=O) groups excluding carboxylic acids is 1. The average Bonchev–Trinajstić information content (AvgIpc) is 2.30. The SMILES string of the molecule is CCC(CN)N1CCOCC1C(=O)NC(C)C. The van der Waals surface area contributed by atoms with Crippen LogP contribution in [0.3, 0.4) is 0 Å². The van der Waals surface area contributed by atoms with Crippen LogP contribution in [0.5, 0.6) is 0 Å². The molecule has 100 valence electrons. The lowest BCUT2D eigenvalue weighted by Gasteiger charge is -2.39. The van der Waals surface area contributed by atoms with E-state index in [2.05, 4.69) is 17.1 Å². The van der Waals surface area contributed by atoms with Gasteiger partial charge in [-0.05, 0) is 20.3 Å². The summed E-state index contributed by atoms with van der Waals surface area (Å²) in [5.41, 5.74) is 5.76. The lowest BCUT2D eigenvalue weighted by atomic mass is 10.1. The molecule has 2 unspecified atom stereocenters. The van der Waals surface area contributed by atoms with Gasteiger partial charge in [0.05, 0.1) is 13.2 Å². The van der Waals surface area contributed by atoms with Gasteiger partial charge >= 0.3 is 0 Å². The largest absolute Gasteiger partial charge is 0.378 e. The third-order valence-electron chi connectivity index (χ3n) is 3.12. The molecule has 0 saturated carbocycles. The van der Waals surface area contributed by atoms with Gasteiger partial charge < -0.3 is 15.8 Å². The molecule has 0 spiro atoms. The van der Waals surface area contributed by atoms with Crippen LogP contribution >= 0.6 is 0 Å². The fourth-order valence-electron chi connectivity index (χ4n) is 2.20. The molecule has 1 fully saturated rings. The number of nitrogens with zero attached hydrogens (tertiary/aromatic N) is 1. The second-order valence-electron chi connectivity index (χ2n) is 4.79. The third kappa shape index (κ3) is 3.94. The maximum absolute atomic E-state index is 12.1. The summed E-state index contributed by atoms with van der Waals surface area (Å²) in [6, 6.07) is 0.227. The first-order chi connectivity index (χ1) is 8.10. The van der Waals surface area contributed by atoms with E-state index in [1.165, 1.54) is 0 Å². The van der Waals surface area contributed by atoms with Crippen molar-refractivity contribution >= 4 is 5.91 Å². The van der Waals surface area contributed by atoms with Gasteiger partial charge in [-0.3, -0.25) is 9.69 Å². The highest BCUT2D eigenvalue weighted by atomic mass is 16.5. The number of nitrogens with two attached hydrogens (primary N) is 1. The standard InChI is InChI=1S/C12H25N3O2/c1-4-10(7-13)15-5-6-17-8-11(15)12(16)14-9(2)3/h9-11H,4-8,13H2,1-3H3,(H,14,16). The van der Waals surface area contributed by atoms with Crippen LogP contribution in [0.15, 0.2) is 0 Å². The van der Waals surface area contributed by atoms with Crippen molar-refractivity contribution in [3.05, 3.63) is 0 Å². The Morgan fingerprint density at radius 1 is 1.59 bits per heavy atom. The second-order valence-corrected chi connectivity index (χ2v) is 4.79. The molecule has 1 rings (SSSR count). The first kappa shape index (κ1) is 14.4.